The smallest absolute Gasteiger partial charge is 0.338 e. The van der Waals surface area contributed by atoms with Crippen molar-refractivity contribution < 1.29 is 23.8 Å². The fourth-order valence-corrected chi connectivity index (χ4v) is 4.56. The topological polar surface area (TPSA) is 65.1 Å². The molecule has 134 valence electrons. The Morgan fingerprint density at radius 1 is 1.00 bits per heavy atom. The monoisotopic (exact) mass is 345 g/mol. The summed E-state index contributed by atoms with van der Waals surface area (Å²) in [6.07, 6.45) is 3.36. The Morgan fingerprint density at radius 2 is 1.60 bits per heavy atom. The van der Waals surface area contributed by atoms with Gasteiger partial charge in [0.15, 0.2) is 0 Å². The number of carbonyl (C=O) groups is 2. The second kappa shape index (κ2) is 6.33. The summed E-state index contributed by atoms with van der Waals surface area (Å²) in [5.41, 5.74) is 0.434. The molecular formula is C19H23NO5. The van der Waals surface area contributed by atoms with Crippen LogP contribution >= 0.6 is 0 Å². The van der Waals surface area contributed by atoms with Crippen molar-refractivity contribution in [3.8, 4) is 11.5 Å². The van der Waals surface area contributed by atoms with Gasteiger partial charge in [0.1, 0.15) is 23.4 Å². The molecule has 5 rings (SSSR count). The molecule has 2 unspecified atom stereocenters. The Morgan fingerprint density at radius 3 is 2.12 bits per heavy atom. The summed E-state index contributed by atoms with van der Waals surface area (Å²) in [5, 5.41) is 0. The molecule has 0 saturated carbocycles. The molecule has 1 aromatic carbocycles. The van der Waals surface area contributed by atoms with E-state index in [0.717, 1.165) is 25.7 Å². The maximum atomic E-state index is 12.6. The molecule has 25 heavy (non-hydrogen) atoms. The summed E-state index contributed by atoms with van der Waals surface area (Å²) >= 11 is 0. The zero-order chi connectivity index (χ0) is 17.6. The normalized spacial score (nSPS) is 33.0. The minimum Gasteiger partial charge on any atom is -0.497 e. The Hall–Kier alpha value is -2.08. The van der Waals surface area contributed by atoms with Gasteiger partial charge in [0.2, 0.25) is 0 Å². The van der Waals surface area contributed by atoms with Crippen molar-refractivity contribution in [1.29, 1.82) is 0 Å². The van der Waals surface area contributed by atoms with E-state index in [-0.39, 0.29) is 18.0 Å². The minimum atomic E-state index is -0.349. The predicted molar refractivity (Wildman–Crippen MR) is 90.0 cm³/mol. The number of nitrogens with zero attached hydrogens (tertiary/aromatic N) is 1. The number of hydrogen-bond acceptors (Lipinski definition) is 6. The first kappa shape index (κ1) is 16.4. The Labute approximate surface area is 147 Å². The molecule has 2 atom stereocenters. The number of benzene rings is 1. The van der Waals surface area contributed by atoms with Crippen LogP contribution in [0.4, 0.5) is 0 Å². The summed E-state index contributed by atoms with van der Waals surface area (Å²) in [6.45, 7) is 0.577. The number of esters is 1. The molecule has 4 fully saturated rings. The standard InChI is InChI=1S/C19H23NO5/c1-23-15-5-12(6-16(9-15)24-2)19(22)25-17-7-13-3-11-4-14(8-17)20(13)10-18(11)21/h5-6,9,11,13-14,17H,3-4,7-8,10H2,1-2H3. The van der Waals surface area contributed by atoms with Gasteiger partial charge in [-0.1, -0.05) is 0 Å². The molecule has 4 aliphatic rings. The van der Waals surface area contributed by atoms with Crippen LogP contribution in [0, 0.1) is 5.92 Å². The number of hydrogen-bond donors (Lipinski definition) is 0. The quantitative estimate of drug-likeness (QED) is 0.778. The number of ether oxygens (including phenoxy) is 3. The van der Waals surface area contributed by atoms with Gasteiger partial charge < -0.3 is 14.2 Å². The molecule has 4 saturated heterocycles. The van der Waals surface area contributed by atoms with Gasteiger partial charge in [-0.15, -0.1) is 0 Å². The van der Waals surface area contributed by atoms with Gasteiger partial charge in [-0.25, -0.2) is 4.79 Å². The molecule has 4 bridgehead atoms. The maximum Gasteiger partial charge on any atom is 0.338 e. The maximum absolute atomic E-state index is 12.6. The summed E-state index contributed by atoms with van der Waals surface area (Å²) in [6, 6.07) is 5.79. The number of carbonyl (C=O) groups excluding carboxylic acids is 2. The van der Waals surface area contributed by atoms with Gasteiger partial charge in [-0.05, 0) is 25.0 Å². The highest BCUT2D eigenvalue weighted by Gasteiger charge is 2.49. The molecule has 4 heterocycles. The number of rotatable bonds is 4. The second-order valence-electron chi connectivity index (χ2n) is 7.21. The van der Waals surface area contributed by atoms with Crippen molar-refractivity contribution in [3.05, 3.63) is 23.8 Å². The van der Waals surface area contributed by atoms with E-state index < -0.39 is 0 Å². The fraction of sp³-hybridized carbons (Fsp3) is 0.579. The number of piperidine rings is 4. The van der Waals surface area contributed by atoms with Crippen molar-refractivity contribution in [3.63, 3.8) is 0 Å². The van der Waals surface area contributed by atoms with Crippen LogP contribution in [0.25, 0.3) is 0 Å². The van der Waals surface area contributed by atoms with Gasteiger partial charge in [-0.2, -0.15) is 0 Å². The van der Waals surface area contributed by atoms with Gasteiger partial charge >= 0.3 is 5.97 Å². The molecule has 0 spiro atoms. The van der Waals surface area contributed by atoms with E-state index in [2.05, 4.69) is 4.90 Å². The Balaban J connectivity index is 1.45. The van der Waals surface area contributed by atoms with Crippen LogP contribution < -0.4 is 9.47 Å². The molecule has 0 radical (unpaired) electrons. The molecule has 0 N–H and O–H groups in total. The Kier molecular flexibility index (Phi) is 4.15. The number of methoxy groups -OCH3 is 2. The lowest BCUT2D eigenvalue weighted by atomic mass is 9.72. The largest absolute Gasteiger partial charge is 0.497 e. The second-order valence-corrected chi connectivity index (χ2v) is 7.21. The van der Waals surface area contributed by atoms with E-state index in [1.54, 1.807) is 32.4 Å². The van der Waals surface area contributed by atoms with Crippen LogP contribution in [-0.4, -0.2) is 55.6 Å². The lowest BCUT2D eigenvalue weighted by Crippen LogP contribution is -2.63. The van der Waals surface area contributed by atoms with Crippen molar-refractivity contribution in [2.45, 2.75) is 43.9 Å². The molecule has 1 aromatic rings. The molecule has 0 aliphatic carbocycles. The lowest BCUT2D eigenvalue weighted by molar-refractivity contribution is -0.145. The highest BCUT2D eigenvalue weighted by molar-refractivity contribution is 5.90. The first-order valence-electron chi connectivity index (χ1n) is 8.80. The fourth-order valence-electron chi connectivity index (χ4n) is 4.56. The van der Waals surface area contributed by atoms with Gasteiger partial charge in [0.05, 0.1) is 26.3 Å². The van der Waals surface area contributed by atoms with E-state index in [0.29, 0.717) is 41.5 Å². The van der Waals surface area contributed by atoms with Crippen LogP contribution in [0.15, 0.2) is 18.2 Å². The zero-order valence-electron chi connectivity index (χ0n) is 14.6. The molecule has 6 heteroatoms. The van der Waals surface area contributed by atoms with Crippen LogP contribution in [-0.2, 0) is 9.53 Å². The third-order valence-electron chi connectivity index (χ3n) is 5.78. The van der Waals surface area contributed by atoms with E-state index in [9.17, 15) is 9.59 Å². The highest BCUT2D eigenvalue weighted by Crippen LogP contribution is 2.42. The molecule has 4 aliphatic heterocycles. The van der Waals surface area contributed by atoms with E-state index in [1.165, 1.54) is 0 Å². The van der Waals surface area contributed by atoms with Crippen LogP contribution in [0.2, 0.25) is 0 Å². The minimum absolute atomic E-state index is 0.0925. The van der Waals surface area contributed by atoms with Gasteiger partial charge in [0, 0.05) is 36.9 Å². The average molecular weight is 345 g/mol. The van der Waals surface area contributed by atoms with Crippen molar-refractivity contribution in [2.75, 3.05) is 20.8 Å². The van der Waals surface area contributed by atoms with Crippen LogP contribution in [0.1, 0.15) is 36.0 Å². The first-order valence-corrected chi connectivity index (χ1v) is 8.80. The SMILES string of the molecule is COc1cc(OC)cc(C(=O)OC2CC3CC4CC(C2)N3CC4=O)c1. The third-order valence-corrected chi connectivity index (χ3v) is 5.78. The number of Topliss-reactive ketones (excluding diaryl/α,β-unsaturated/α-hetero) is 1. The first-order chi connectivity index (χ1) is 12.1. The predicted octanol–water partition coefficient (Wildman–Crippen LogP) is 2.05. The van der Waals surface area contributed by atoms with Gasteiger partial charge in [0.25, 0.3) is 0 Å². The van der Waals surface area contributed by atoms with Crippen molar-refractivity contribution in [1.82, 2.24) is 4.90 Å². The van der Waals surface area contributed by atoms with E-state index in [1.807, 2.05) is 0 Å². The molecule has 0 amide bonds. The molecule has 0 aromatic heterocycles. The summed E-state index contributed by atoms with van der Waals surface area (Å²) in [4.78, 5) is 26.8. The van der Waals surface area contributed by atoms with Crippen LogP contribution in [0.3, 0.4) is 0 Å². The zero-order valence-corrected chi connectivity index (χ0v) is 14.6. The molecular weight excluding hydrogens is 322 g/mol. The lowest BCUT2D eigenvalue weighted by Gasteiger charge is -2.54. The van der Waals surface area contributed by atoms with E-state index in [4.69, 9.17) is 14.2 Å². The highest BCUT2D eigenvalue weighted by atomic mass is 16.5. The number of ketones is 1. The summed E-state index contributed by atoms with van der Waals surface area (Å²) < 4.78 is 16.2. The van der Waals surface area contributed by atoms with Crippen LogP contribution in [0.5, 0.6) is 11.5 Å². The van der Waals surface area contributed by atoms with Gasteiger partial charge in [-0.3, -0.25) is 9.69 Å². The van der Waals surface area contributed by atoms with Crippen molar-refractivity contribution in [2.24, 2.45) is 5.92 Å². The average Bonchev–Trinajstić information content (AvgIpc) is 2.61. The summed E-state index contributed by atoms with van der Waals surface area (Å²) in [7, 11) is 3.11. The van der Waals surface area contributed by atoms with E-state index >= 15 is 0 Å². The molecule has 6 nitrogen and oxygen atoms in total. The third kappa shape index (κ3) is 2.99. The number of fused-ring (bicyclic) bond motifs is 1. The Bertz CT molecular complexity index is 665. The summed E-state index contributed by atoms with van der Waals surface area (Å²) in [5.74, 6) is 1.38. The van der Waals surface area contributed by atoms with Crippen molar-refractivity contribution >= 4 is 11.8 Å².